The third-order valence-corrected chi connectivity index (χ3v) is 7.93. The molecule has 1 fully saturated rings. The SMILES string of the molecule is C[C@@H]1[C@@H](C)CCC[C@H]1NC(=O)c1ccc2c(c1)N(Cc1ccc(F)cc1Cl)C(=O)CS2. The predicted molar refractivity (Wildman–Crippen MR) is 123 cm³/mol. The summed E-state index contributed by atoms with van der Waals surface area (Å²) >= 11 is 7.65. The van der Waals surface area contributed by atoms with Crippen molar-refractivity contribution in [2.24, 2.45) is 11.8 Å². The van der Waals surface area contributed by atoms with E-state index in [4.69, 9.17) is 11.6 Å². The Balaban J connectivity index is 1.58. The van der Waals surface area contributed by atoms with Crippen LogP contribution in [0.15, 0.2) is 41.3 Å². The molecule has 0 saturated heterocycles. The highest BCUT2D eigenvalue weighted by Gasteiger charge is 2.30. The standard InChI is InChI=1S/C24H26ClFN2O2S/c1-14-4-3-5-20(15(14)2)27-24(30)16-7-9-22-21(10-16)28(23(29)13-31-22)12-17-6-8-18(26)11-19(17)25/h6-11,14-15,20H,3-5,12-13H2,1-2H3,(H,27,30)/t14-,15+,20+/m0/s1. The molecule has 2 amide bonds. The van der Waals surface area contributed by atoms with E-state index in [1.165, 1.54) is 30.3 Å². The highest BCUT2D eigenvalue weighted by Crippen LogP contribution is 2.38. The normalized spacial score (nSPS) is 23.4. The van der Waals surface area contributed by atoms with Gasteiger partial charge in [-0.15, -0.1) is 11.8 Å². The first-order valence-corrected chi connectivity index (χ1v) is 12.0. The number of hydrogen-bond acceptors (Lipinski definition) is 3. The number of rotatable bonds is 4. The number of hydrogen-bond donors (Lipinski definition) is 1. The Morgan fingerprint density at radius 3 is 2.81 bits per heavy atom. The number of carbonyl (C=O) groups is 2. The van der Waals surface area contributed by atoms with Gasteiger partial charge in [0.1, 0.15) is 5.82 Å². The zero-order valence-electron chi connectivity index (χ0n) is 17.7. The van der Waals surface area contributed by atoms with Crippen LogP contribution in [0.2, 0.25) is 5.02 Å². The lowest BCUT2D eigenvalue weighted by atomic mass is 9.78. The summed E-state index contributed by atoms with van der Waals surface area (Å²) in [5, 5.41) is 3.48. The summed E-state index contributed by atoms with van der Waals surface area (Å²) in [6.45, 7) is 4.67. The van der Waals surface area contributed by atoms with Crippen LogP contribution in [-0.4, -0.2) is 23.6 Å². The van der Waals surface area contributed by atoms with Gasteiger partial charge in [-0.3, -0.25) is 9.59 Å². The molecular weight excluding hydrogens is 435 g/mol. The van der Waals surface area contributed by atoms with Crippen LogP contribution in [0.1, 0.15) is 49.0 Å². The van der Waals surface area contributed by atoms with E-state index in [0.717, 1.165) is 17.7 Å². The Hall–Kier alpha value is -2.05. The van der Waals surface area contributed by atoms with Gasteiger partial charge >= 0.3 is 0 Å². The maximum Gasteiger partial charge on any atom is 0.251 e. The average molecular weight is 461 g/mol. The predicted octanol–water partition coefficient (Wildman–Crippen LogP) is 5.67. The summed E-state index contributed by atoms with van der Waals surface area (Å²) in [5.41, 5.74) is 1.89. The Labute approximate surface area is 191 Å². The van der Waals surface area contributed by atoms with Crippen molar-refractivity contribution >= 4 is 40.9 Å². The van der Waals surface area contributed by atoms with Crippen LogP contribution in [0.3, 0.4) is 0 Å². The maximum atomic E-state index is 13.4. The van der Waals surface area contributed by atoms with Gasteiger partial charge in [-0.1, -0.05) is 44.4 Å². The molecule has 0 aromatic heterocycles. The highest BCUT2D eigenvalue weighted by atomic mass is 35.5. The largest absolute Gasteiger partial charge is 0.349 e. The lowest BCUT2D eigenvalue weighted by molar-refractivity contribution is -0.116. The van der Waals surface area contributed by atoms with Crippen molar-refractivity contribution in [2.75, 3.05) is 10.7 Å². The van der Waals surface area contributed by atoms with Gasteiger partial charge in [-0.05, 0) is 54.2 Å². The number of thioether (sulfide) groups is 1. The molecule has 0 spiro atoms. The topological polar surface area (TPSA) is 49.4 Å². The number of nitrogens with zero attached hydrogens (tertiary/aromatic N) is 1. The average Bonchev–Trinajstić information content (AvgIpc) is 2.74. The molecule has 1 saturated carbocycles. The summed E-state index contributed by atoms with van der Waals surface area (Å²) in [5.74, 6) is 0.744. The molecule has 2 aromatic rings. The van der Waals surface area contributed by atoms with E-state index in [-0.39, 0.29) is 29.4 Å². The molecule has 2 aromatic carbocycles. The van der Waals surface area contributed by atoms with Crippen LogP contribution in [0.5, 0.6) is 0 Å². The molecule has 31 heavy (non-hydrogen) atoms. The summed E-state index contributed by atoms with van der Waals surface area (Å²) in [7, 11) is 0. The van der Waals surface area contributed by atoms with Crippen molar-refractivity contribution in [3.63, 3.8) is 0 Å². The third kappa shape index (κ3) is 4.75. The minimum absolute atomic E-state index is 0.0647. The molecule has 1 aliphatic heterocycles. The molecule has 1 aliphatic carbocycles. The van der Waals surface area contributed by atoms with E-state index in [2.05, 4.69) is 19.2 Å². The van der Waals surface area contributed by atoms with Gasteiger partial charge in [0.2, 0.25) is 5.91 Å². The number of anilines is 1. The number of nitrogens with one attached hydrogen (secondary N) is 1. The van der Waals surface area contributed by atoms with Crippen molar-refractivity contribution in [1.82, 2.24) is 5.32 Å². The molecule has 0 radical (unpaired) electrons. The number of fused-ring (bicyclic) bond motifs is 1. The second-order valence-electron chi connectivity index (χ2n) is 8.53. The van der Waals surface area contributed by atoms with Gasteiger partial charge in [-0.2, -0.15) is 0 Å². The fourth-order valence-corrected chi connectivity index (χ4v) is 5.52. The lowest BCUT2D eigenvalue weighted by Gasteiger charge is -2.34. The van der Waals surface area contributed by atoms with Gasteiger partial charge in [-0.25, -0.2) is 4.39 Å². The summed E-state index contributed by atoms with van der Waals surface area (Å²) in [6, 6.07) is 9.83. The Kier molecular flexibility index (Phi) is 6.58. The van der Waals surface area contributed by atoms with E-state index in [1.54, 1.807) is 17.0 Å². The summed E-state index contributed by atoms with van der Waals surface area (Å²) < 4.78 is 13.4. The highest BCUT2D eigenvalue weighted by molar-refractivity contribution is 8.00. The molecule has 3 atom stereocenters. The molecule has 0 bridgehead atoms. The minimum Gasteiger partial charge on any atom is -0.349 e. The third-order valence-electron chi connectivity index (χ3n) is 6.53. The molecule has 2 aliphatic rings. The van der Waals surface area contributed by atoms with Gasteiger partial charge in [0.25, 0.3) is 5.91 Å². The van der Waals surface area contributed by atoms with Crippen LogP contribution < -0.4 is 10.2 Å². The first kappa shape index (κ1) is 22.2. The molecule has 7 heteroatoms. The van der Waals surface area contributed by atoms with E-state index in [9.17, 15) is 14.0 Å². The van der Waals surface area contributed by atoms with Crippen molar-refractivity contribution in [3.8, 4) is 0 Å². The second-order valence-corrected chi connectivity index (χ2v) is 9.96. The van der Waals surface area contributed by atoms with Gasteiger partial charge < -0.3 is 10.2 Å². The van der Waals surface area contributed by atoms with Crippen molar-refractivity contribution < 1.29 is 14.0 Å². The molecule has 1 heterocycles. The fraction of sp³-hybridized carbons (Fsp3) is 0.417. The number of halogens is 2. The Morgan fingerprint density at radius 1 is 1.23 bits per heavy atom. The van der Waals surface area contributed by atoms with Gasteiger partial charge in [0.05, 0.1) is 18.0 Å². The maximum absolute atomic E-state index is 13.4. The molecule has 4 nitrogen and oxygen atoms in total. The molecule has 4 rings (SSSR count). The van der Waals surface area contributed by atoms with Crippen molar-refractivity contribution in [3.05, 3.63) is 58.4 Å². The first-order valence-electron chi connectivity index (χ1n) is 10.7. The number of benzene rings is 2. The van der Waals surface area contributed by atoms with Crippen LogP contribution in [0.25, 0.3) is 0 Å². The fourth-order valence-electron chi connectivity index (χ4n) is 4.37. The zero-order valence-corrected chi connectivity index (χ0v) is 19.2. The molecule has 164 valence electrons. The summed E-state index contributed by atoms with van der Waals surface area (Å²) in [6.07, 6.45) is 3.32. The lowest BCUT2D eigenvalue weighted by Crippen LogP contribution is -2.43. The number of amides is 2. The van der Waals surface area contributed by atoms with Gasteiger partial charge in [0.15, 0.2) is 0 Å². The Bertz CT molecular complexity index is 1020. The van der Waals surface area contributed by atoms with Crippen LogP contribution in [0.4, 0.5) is 10.1 Å². The monoisotopic (exact) mass is 460 g/mol. The van der Waals surface area contributed by atoms with E-state index in [0.29, 0.717) is 34.4 Å². The smallest absolute Gasteiger partial charge is 0.251 e. The van der Waals surface area contributed by atoms with Crippen molar-refractivity contribution in [1.29, 1.82) is 0 Å². The van der Waals surface area contributed by atoms with E-state index < -0.39 is 5.82 Å². The number of carbonyl (C=O) groups excluding carboxylic acids is 2. The quantitative estimate of drug-likeness (QED) is 0.639. The summed E-state index contributed by atoms with van der Waals surface area (Å²) in [4.78, 5) is 28.3. The zero-order chi connectivity index (χ0) is 22.1. The second kappa shape index (κ2) is 9.21. The van der Waals surface area contributed by atoms with E-state index in [1.807, 2.05) is 12.1 Å². The van der Waals surface area contributed by atoms with Crippen LogP contribution >= 0.6 is 23.4 Å². The Morgan fingerprint density at radius 2 is 2.03 bits per heavy atom. The molecule has 0 unspecified atom stereocenters. The molecular formula is C24H26ClFN2O2S. The van der Waals surface area contributed by atoms with Crippen LogP contribution in [0, 0.1) is 17.7 Å². The minimum atomic E-state index is -0.417. The van der Waals surface area contributed by atoms with Gasteiger partial charge in [0, 0.05) is 21.5 Å². The van der Waals surface area contributed by atoms with E-state index >= 15 is 0 Å². The van der Waals surface area contributed by atoms with Crippen molar-refractivity contribution in [2.45, 2.75) is 50.6 Å². The molecule has 1 N–H and O–H groups in total. The van der Waals surface area contributed by atoms with Crippen LogP contribution in [-0.2, 0) is 11.3 Å². The first-order chi connectivity index (χ1) is 14.8.